The molecule has 25 heavy (non-hydrogen) atoms. The standard InChI is InChI=1S/C21H28N2O2/c1-16-8-9-17(2)19(13-16)25-12-6-10-21(3,4)20(24)23-15-18-7-5-11-22-14-18/h5,7-9,11,13-14H,6,10,12,15H2,1-4H3,(H,23,24). The molecule has 0 fully saturated rings. The fourth-order valence-electron chi connectivity index (χ4n) is 2.60. The number of hydrogen-bond acceptors (Lipinski definition) is 3. The maximum absolute atomic E-state index is 12.4. The third-order valence-corrected chi connectivity index (χ3v) is 4.34. The Morgan fingerprint density at radius 3 is 2.76 bits per heavy atom. The van der Waals surface area contributed by atoms with E-state index in [4.69, 9.17) is 4.74 Å². The smallest absolute Gasteiger partial charge is 0.225 e. The van der Waals surface area contributed by atoms with Gasteiger partial charge in [-0.05, 0) is 55.5 Å². The Morgan fingerprint density at radius 2 is 2.04 bits per heavy atom. The third-order valence-electron chi connectivity index (χ3n) is 4.34. The van der Waals surface area contributed by atoms with Gasteiger partial charge in [0.05, 0.1) is 6.61 Å². The Kier molecular flexibility index (Phi) is 6.57. The summed E-state index contributed by atoms with van der Waals surface area (Å²) in [5, 5.41) is 2.99. The minimum atomic E-state index is -0.423. The predicted octanol–water partition coefficient (Wildman–Crippen LogP) is 4.20. The van der Waals surface area contributed by atoms with E-state index in [1.165, 1.54) is 5.56 Å². The highest BCUT2D eigenvalue weighted by Crippen LogP contribution is 2.24. The van der Waals surface area contributed by atoms with E-state index in [1.807, 2.05) is 32.9 Å². The van der Waals surface area contributed by atoms with Gasteiger partial charge in [-0.3, -0.25) is 9.78 Å². The minimum absolute atomic E-state index is 0.0584. The fraction of sp³-hybridized carbons (Fsp3) is 0.429. The van der Waals surface area contributed by atoms with Crippen LogP contribution in [0.3, 0.4) is 0 Å². The van der Waals surface area contributed by atoms with Crippen LogP contribution in [0.4, 0.5) is 0 Å². The van der Waals surface area contributed by atoms with Gasteiger partial charge < -0.3 is 10.1 Å². The molecule has 0 saturated heterocycles. The molecule has 4 nitrogen and oxygen atoms in total. The lowest BCUT2D eigenvalue weighted by atomic mass is 9.87. The number of hydrogen-bond donors (Lipinski definition) is 1. The number of aromatic nitrogens is 1. The molecule has 1 N–H and O–H groups in total. The molecule has 0 aliphatic rings. The second-order valence-corrected chi connectivity index (χ2v) is 7.15. The quantitative estimate of drug-likeness (QED) is 0.733. The van der Waals surface area contributed by atoms with Gasteiger partial charge in [-0.25, -0.2) is 0 Å². The summed E-state index contributed by atoms with van der Waals surface area (Å²) in [5.74, 6) is 0.988. The molecule has 0 radical (unpaired) electrons. The Balaban J connectivity index is 1.76. The normalized spacial score (nSPS) is 11.2. The number of aryl methyl sites for hydroxylation is 2. The average molecular weight is 340 g/mol. The first kappa shape index (κ1) is 19.0. The van der Waals surface area contributed by atoms with Gasteiger partial charge in [0.1, 0.15) is 5.75 Å². The van der Waals surface area contributed by atoms with E-state index < -0.39 is 5.41 Å². The van der Waals surface area contributed by atoms with Crippen molar-refractivity contribution in [3.8, 4) is 5.75 Å². The highest BCUT2D eigenvalue weighted by atomic mass is 16.5. The number of benzene rings is 1. The summed E-state index contributed by atoms with van der Waals surface area (Å²) in [6.07, 6.45) is 5.11. The first-order valence-electron chi connectivity index (χ1n) is 8.76. The van der Waals surface area contributed by atoms with Crippen LogP contribution in [0, 0.1) is 19.3 Å². The fourth-order valence-corrected chi connectivity index (χ4v) is 2.60. The van der Waals surface area contributed by atoms with E-state index in [-0.39, 0.29) is 5.91 Å². The van der Waals surface area contributed by atoms with Crippen molar-refractivity contribution >= 4 is 5.91 Å². The summed E-state index contributed by atoms with van der Waals surface area (Å²) in [4.78, 5) is 16.5. The van der Waals surface area contributed by atoms with Crippen molar-refractivity contribution in [2.24, 2.45) is 5.41 Å². The Bertz CT molecular complexity index is 696. The first-order chi connectivity index (χ1) is 11.9. The van der Waals surface area contributed by atoms with Gasteiger partial charge in [-0.2, -0.15) is 0 Å². The lowest BCUT2D eigenvalue weighted by Crippen LogP contribution is -2.36. The number of nitrogens with one attached hydrogen (secondary N) is 1. The van der Waals surface area contributed by atoms with E-state index in [1.54, 1.807) is 12.4 Å². The van der Waals surface area contributed by atoms with Crippen LogP contribution in [-0.2, 0) is 11.3 Å². The molecule has 0 aliphatic heterocycles. The molecule has 134 valence electrons. The molecule has 0 saturated carbocycles. The molecule has 0 spiro atoms. The molecule has 1 aromatic carbocycles. The molecule has 2 rings (SSSR count). The Hall–Kier alpha value is -2.36. The van der Waals surface area contributed by atoms with Crippen molar-refractivity contribution in [1.82, 2.24) is 10.3 Å². The lowest BCUT2D eigenvalue weighted by molar-refractivity contribution is -0.130. The van der Waals surface area contributed by atoms with Gasteiger partial charge in [-0.15, -0.1) is 0 Å². The summed E-state index contributed by atoms with van der Waals surface area (Å²) in [6.45, 7) is 9.18. The van der Waals surface area contributed by atoms with Crippen molar-refractivity contribution in [3.05, 3.63) is 59.4 Å². The SMILES string of the molecule is Cc1ccc(C)c(OCCCC(C)(C)C(=O)NCc2cccnc2)c1. The molecule has 0 atom stereocenters. The number of carbonyl (C=O) groups excluding carboxylic acids is 1. The van der Waals surface area contributed by atoms with Crippen LogP contribution < -0.4 is 10.1 Å². The molecule has 1 heterocycles. The average Bonchev–Trinajstić information content (AvgIpc) is 2.60. The zero-order valence-electron chi connectivity index (χ0n) is 15.6. The zero-order chi connectivity index (χ0) is 18.3. The largest absolute Gasteiger partial charge is 0.493 e. The van der Waals surface area contributed by atoms with E-state index in [0.29, 0.717) is 13.2 Å². The van der Waals surface area contributed by atoms with Crippen LogP contribution in [-0.4, -0.2) is 17.5 Å². The molecular formula is C21H28N2O2. The van der Waals surface area contributed by atoms with Crippen LogP contribution in [0.2, 0.25) is 0 Å². The maximum Gasteiger partial charge on any atom is 0.225 e. The minimum Gasteiger partial charge on any atom is -0.493 e. The number of rotatable bonds is 8. The highest BCUT2D eigenvalue weighted by Gasteiger charge is 2.26. The molecule has 4 heteroatoms. The first-order valence-corrected chi connectivity index (χ1v) is 8.76. The predicted molar refractivity (Wildman–Crippen MR) is 101 cm³/mol. The topological polar surface area (TPSA) is 51.2 Å². The van der Waals surface area contributed by atoms with Crippen LogP contribution in [0.1, 0.15) is 43.4 Å². The number of amides is 1. The van der Waals surface area contributed by atoms with Gasteiger partial charge in [-0.1, -0.05) is 32.0 Å². The zero-order valence-corrected chi connectivity index (χ0v) is 15.6. The Morgan fingerprint density at radius 1 is 1.24 bits per heavy atom. The monoisotopic (exact) mass is 340 g/mol. The van der Waals surface area contributed by atoms with Gasteiger partial charge in [0, 0.05) is 24.4 Å². The molecule has 0 bridgehead atoms. The number of carbonyl (C=O) groups is 1. The molecule has 0 aliphatic carbocycles. The number of nitrogens with zero attached hydrogens (tertiary/aromatic N) is 1. The van der Waals surface area contributed by atoms with Crippen LogP contribution in [0.5, 0.6) is 5.75 Å². The molecule has 0 unspecified atom stereocenters. The van der Waals surface area contributed by atoms with Gasteiger partial charge in [0.15, 0.2) is 0 Å². The second-order valence-electron chi connectivity index (χ2n) is 7.15. The number of pyridine rings is 1. The van der Waals surface area contributed by atoms with Crippen molar-refractivity contribution in [2.75, 3.05) is 6.61 Å². The summed E-state index contributed by atoms with van der Waals surface area (Å²) < 4.78 is 5.88. The molecule has 2 aromatic rings. The van der Waals surface area contributed by atoms with E-state index in [0.717, 1.165) is 29.7 Å². The van der Waals surface area contributed by atoms with Crippen molar-refractivity contribution in [3.63, 3.8) is 0 Å². The number of ether oxygens (including phenoxy) is 1. The van der Waals surface area contributed by atoms with Crippen molar-refractivity contribution in [1.29, 1.82) is 0 Å². The van der Waals surface area contributed by atoms with Gasteiger partial charge >= 0.3 is 0 Å². The summed E-state index contributed by atoms with van der Waals surface area (Å²) in [7, 11) is 0. The molecular weight excluding hydrogens is 312 g/mol. The Labute approximate surface area is 150 Å². The summed E-state index contributed by atoms with van der Waals surface area (Å²) >= 11 is 0. The molecule has 1 aromatic heterocycles. The van der Waals surface area contributed by atoms with E-state index >= 15 is 0 Å². The third kappa shape index (κ3) is 5.89. The van der Waals surface area contributed by atoms with Crippen molar-refractivity contribution < 1.29 is 9.53 Å². The van der Waals surface area contributed by atoms with Crippen LogP contribution >= 0.6 is 0 Å². The van der Waals surface area contributed by atoms with Crippen LogP contribution in [0.25, 0.3) is 0 Å². The van der Waals surface area contributed by atoms with Gasteiger partial charge in [0.25, 0.3) is 0 Å². The summed E-state index contributed by atoms with van der Waals surface area (Å²) in [5.41, 5.74) is 2.91. The molecule has 1 amide bonds. The van der Waals surface area contributed by atoms with E-state index in [9.17, 15) is 4.79 Å². The van der Waals surface area contributed by atoms with E-state index in [2.05, 4.69) is 35.4 Å². The summed E-state index contributed by atoms with van der Waals surface area (Å²) in [6, 6.07) is 10.0. The van der Waals surface area contributed by atoms with Gasteiger partial charge in [0.2, 0.25) is 5.91 Å². The maximum atomic E-state index is 12.4. The highest BCUT2D eigenvalue weighted by molar-refractivity contribution is 5.81. The van der Waals surface area contributed by atoms with Crippen molar-refractivity contribution in [2.45, 2.75) is 47.1 Å². The lowest BCUT2D eigenvalue weighted by Gasteiger charge is -2.23. The second kappa shape index (κ2) is 8.65. The van der Waals surface area contributed by atoms with Crippen LogP contribution in [0.15, 0.2) is 42.7 Å².